The van der Waals surface area contributed by atoms with Crippen molar-refractivity contribution in [1.29, 1.82) is 0 Å². The number of carbonyl (C=O) groups is 1. The van der Waals surface area contributed by atoms with Gasteiger partial charge in [-0.25, -0.2) is 0 Å². The first-order valence-corrected chi connectivity index (χ1v) is 7.15. The number of anilines is 1. The Labute approximate surface area is 145 Å². The molecule has 2 aromatic rings. The SMILES string of the molecule is O=C(COc1ccccc1[N+](=O)[O-])Nc1ccc(OC(F)F)c(Cl)c1. The summed E-state index contributed by atoms with van der Waals surface area (Å²) in [4.78, 5) is 22.1. The van der Waals surface area contributed by atoms with Gasteiger partial charge in [-0.2, -0.15) is 8.78 Å². The Bertz CT molecular complexity index is 788. The highest BCUT2D eigenvalue weighted by Gasteiger charge is 2.15. The Morgan fingerprint density at radius 2 is 1.96 bits per heavy atom. The molecule has 0 unspecified atom stereocenters. The van der Waals surface area contributed by atoms with Gasteiger partial charge in [-0.1, -0.05) is 23.7 Å². The molecule has 0 radical (unpaired) electrons. The topological polar surface area (TPSA) is 90.7 Å². The number of rotatable bonds is 7. The first-order chi connectivity index (χ1) is 11.9. The maximum Gasteiger partial charge on any atom is 0.387 e. The average molecular weight is 373 g/mol. The highest BCUT2D eigenvalue weighted by molar-refractivity contribution is 6.32. The molecule has 1 amide bonds. The summed E-state index contributed by atoms with van der Waals surface area (Å²) in [5, 5.41) is 13.2. The van der Waals surface area contributed by atoms with Gasteiger partial charge < -0.3 is 14.8 Å². The number of nitrogens with one attached hydrogen (secondary N) is 1. The molecule has 0 heterocycles. The predicted octanol–water partition coefficient (Wildman–Crippen LogP) is 3.87. The van der Waals surface area contributed by atoms with Gasteiger partial charge in [0.1, 0.15) is 5.75 Å². The molecule has 0 bridgehead atoms. The number of ether oxygens (including phenoxy) is 2. The zero-order chi connectivity index (χ0) is 18.4. The van der Waals surface area contributed by atoms with Gasteiger partial charge >= 0.3 is 12.3 Å². The van der Waals surface area contributed by atoms with Crippen LogP contribution in [0.15, 0.2) is 42.5 Å². The molecule has 0 aromatic heterocycles. The largest absolute Gasteiger partial charge is 0.477 e. The number of benzene rings is 2. The van der Waals surface area contributed by atoms with Crippen LogP contribution < -0.4 is 14.8 Å². The van der Waals surface area contributed by atoms with E-state index in [1.54, 1.807) is 0 Å². The Morgan fingerprint density at radius 1 is 1.24 bits per heavy atom. The van der Waals surface area contributed by atoms with Gasteiger partial charge in [-0.05, 0) is 24.3 Å². The van der Waals surface area contributed by atoms with Crippen molar-refractivity contribution >= 4 is 28.9 Å². The normalized spacial score (nSPS) is 10.4. The summed E-state index contributed by atoms with van der Waals surface area (Å²) in [5.74, 6) is -0.899. The Kier molecular flexibility index (Phi) is 6.07. The van der Waals surface area contributed by atoms with Gasteiger partial charge in [0.25, 0.3) is 5.91 Å². The Balaban J connectivity index is 1.97. The summed E-state index contributed by atoms with van der Waals surface area (Å²) >= 11 is 5.77. The molecule has 0 aliphatic rings. The van der Waals surface area contributed by atoms with Crippen molar-refractivity contribution in [3.8, 4) is 11.5 Å². The van der Waals surface area contributed by atoms with Crippen molar-refractivity contribution in [2.75, 3.05) is 11.9 Å². The van der Waals surface area contributed by atoms with Gasteiger partial charge in [0, 0.05) is 11.8 Å². The number of halogens is 3. The molecule has 0 atom stereocenters. The van der Waals surface area contributed by atoms with E-state index in [0.717, 1.165) is 0 Å². The number of alkyl halides is 2. The number of nitro benzene ring substituents is 1. The number of hydrogen-bond acceptors (Lipinski definition) is 5. The Hall–Kier alpha value is -2.94. The third-order valence-corrected chi connectivity index (χ3v) is 3.15. The fourth-order valence-electron chi connectivity index (χ4n) is 1.84. The number of nitro groups is 1. The lowest BCUT2D eigenvalue weighted by Crippen LogP contribution is -2.20. The average Bonchev–Trinajstić information content (AvgIpc) is 2.55. The summed E-state index contributed by atoms with van der Waals surface area (Å²) in [6.45, 7) is -3.51. The second-order valence-corrected chi connectivity index (χ2v) is 4.99. The zero-order valence-electron chi connectivity index (χ0n) is 12.4. The standard InChI is InChI=1S/C15H11ClF2N2O5/c16-10-7-9(5-6-12(10)25-15(17)18)19-14(21)8-24-13-4-2-1-3-11(13)20(22)23/h1-7,15H,8H2,(H,19,21). The summed E-state index contributed by atoms with van der Waals surface area (Å²) < 4.78 is 33.6. The van der Waals surface area contributed by atoms with Crippen LogP contribution in [0.3, 0.4) is 0 Å². The minimum Gasteiger partial charge on any atom is -0.477 e. The van der Waals surface area contributed by atoms with Crippen LogP contribution in [0, 0.1) is 10.1 Å². The van der Waals surface area contributed by atoms with Gasteiger partial charge in [0.15, 0.2) is 12.4 Å². The zero-order valence-corrected chi connectivity index (χ0v) is 13.2. The molecule has 2 rings (SSSR count). The molecule has 0 aliphatic carbocycles. The van der Waals surface area contributed by atoms with E-state index in [9.17, 15) is 23.7 Å². The number of carbonyl (C=O) groups excluding carboxylic acids is 1. The number of nitrogens with zero attached hydrogens (tertiary/aromatic N) is 1. The van der Waals surface area contributed by atoms with Crippen LogP contribution in [-0.4, -0.2) is 24.0 Å². The summed E-state index contributed by atoms with van der Waals surface area (Å²) in [6, 6.07) is 9.31. The lowest BCUT2D eigenvalue weighted by atomic mass is 10.3. The molecule has 25 heavy (non-hydrogen) atoms. The third kappa shape index (κ3) is 5.28. The molecule has 0 aliphatic heterocycles. The number of amides is 1. The van der Waals surface area contributed by atoms with Crippen LogP contribution in [0.1, 0.15) is 0 Å². The van der Waals surface area contributed by atoms with E-state index >= 15 is 0 Å². The van der Waals surface area contributed by atoms with Gasteiger partial charge in [0.2, 0.25) is 0 Å². The molecule has 10 heteroatoms. The number of hydrogen-bond donors (Lipinski definition) is 1. The first-order valence-electron chi connectivity index (χ1n) is 6.77. The maximum atomic E-state index is 12.1. The molecule has 1 N–H and O–H groups in total. The van der Waals surface area contributed by atoms with Crippen LogP contribution in [0.25, 0.3) is 0 Å². The van der Waals surface area contributed by atoms with Crippen molar-refractivity contribution in [1.82, 2.24) is 0 Å². The smallest absolute Gasteiger partial charge is 0.387 e. The Morgan fingerprint density at radius 3 is 2.60 bits per heavy atom. The minimum absolute atomic E-state index is 0.0543. The monoisotopic (exact) mass is 372 g/mol. The van der Waals surface area contributed by atoms with Crippen molar-refractivity contribution in [2.45, 2.75) is 6.61 Å². The van der Waals surface area contributed by atoms with Gasteiger partial charge in [0.05, 0.1) is 9.95 Å². The van der Waals surface area contributed by atoms with Gasteiger partial charge in [-0.15, -0.1) is 0 Å². The van der Waals surface area contributed by atoms with Crippen LogP contribution in [0.2, 0.25) is 5.02 Å². The van der Waals surface area contributed by atoms with Crippen molar-refractivity contribution in [3.63, 3.8) is 0 Å². The maximum absolute atomic E-state index is 12.1. The highest BCUT2D eigenvalue weighted by Crippen LogP contribution is 2.29. The van der Waals surface area contributed by atoms with E-state index in [2.05, 4.69) is 10.1 Å². The fourth-order valence-corrected chi connectivity index (χ4v) is 2.07. The third-order valence-electron chi connectivity index (χ3n) is 2.85. The van der Waals surface area contributed by atoms with Gasteiger partial charge in [-0.3, -0.25) is 14.9 Å². The second kappa shape index (κ2) is 8.25. The highest BCUT2D eigenvalue weighted by atomic mass is 35.5. The molecule has 2 aromatic carbocycles. The van der Waals surface area contributed by atoms with Crippen LogP contribution in [-0.2, 0) is 4.79 Å². The van der Waals surface area contributed by atoms with Crippen LogP contribution in [0.4, 0.5) is 20.2 Å². The van der Waals surface area contributed by atoms with E-state index in [1.165, 1.54) is 42.5 Å². The minimum atomic E-state index is -3.02. The summed E-state index contributed by atoms with van der Waals surface area (Å²) in [7, 11) is 0. The quantitative estimate of drug-likeness (QED) is 0.588. The second-order valence-electron chi connectivity index (χ2n) is 4.59. The summed E-state index contributed by atoms with van der Waals surface area (Å²) in [6.07, 6.45) is 0. The molecule has 0 saturated heterocycles. The molecular weight excluding hydrogens is 362 g/mol. The summed E-state index contributed by atoms with van der Waals surface area (Å²) in [5.41, 5.74) is -0.0466. The first kappa shape index (κ1) is 18.4. The van der Waals surface area contributed by atoms with E-state index in [-0.39, 0.29) is 27.9 Å². The molecular formula is C15H11ClF2N2O5. The van der Waals surface area contributed by atoms with E-state index < -0.39 is 24.0 Å². The van der Waals surface area contributed by atoms with E-state index in [0.29, 0.717) is 0 Å². The molecule has 132 valence electrons. The fraction of sp³-hybridized carbons (Fsp3) is 0.133. The van der Waals surface area contributed by atoms with Crippen molar-refractivity contribution in [3.05, 3.63) is 57.6 Å². The van der Waals surface area contributed by atoms with Crippen LogP contribution >= 0.6 is 11.6 Å². The lowest BCUT2D eigenvalue weighted by Gasteiger charge is -2.10. The molecule has 0 fully saturated rings. The van der Waals surface area contributed by atoms with E-state index in [4.69, 9.17) is 16.3 Å². The predicted molar refractivity (Wildman–Crippen MR) is 85.3 cm³/mol. The molecule has 0 spiro atoms. The molecule has 0 saturated carbocycles. The van der Waals surface area contributed by atoms with Crippen LogP contribution in [0.5, 0.6) is 11.5 Å². The van der Waals surface area contributed by atoms with Crippen molar-refractivity contribution < 1.29 is 28.0 Å². The van der Waals surface area contributed by atoms with E-state index in [1.807, 2.05) is 0 Å². The van der Waals surface area contributed by atoms with Crippen molar-refractivity contribution in [2.24, 2.45) is 0 Å². The lowest BCUT2D eigenvalue weighted by molar-refractivity contribution is -0.385. The number of para-hydroxylation sites is 2. The molecule has 7 nitrogen and oxygen atoms in total.